The van der Waals surface area contributed by atoms with Gasteiger partial charge in [0.15, 0.2) is 0 Å². The maximum Gasteiger partial charge on any atom is 0.305 e. The fourth-order valence-electron chi connectivity index (χ4n) is 2.21. The Morgan fingerprint density at radius 1 is 1.56 bits per heavy atom. The molecule has 1 unspecified atom stereocenters. The van der Waals surface area contributed by atoms with Crippen molar-refractivity contribution < 1.29 is 19.4 Å². The lowest BCUT2D eigenvalue weighted by Gasteiger charge is -2.37. The van der Waals surface area contributed by atoms with Crippen molar-refractivity contribution >= 4 is 11.7 Å². The van der Waals surface area contributed by atoms with Gasteiger partial charge in [-0.05, 0) is 12.1 Å². The number of rotatable bonds is 4. The number of methoxy groups -OCH3 is 1. The maximum atomic E-state index is 10.9. The molecule has 1 heterocycles. The molecular formula is C13H17NO4. The zero-order chi connectivity index (χ0) is 13.0. The van der Waals surface area contributed by atoms with Crippen LogP contribution < -0.4 is 9.64 Å². The van der Waals surface area contributed by atoms with Crippen LogP contribution in [-0.4, -0.2) is 44.0 Å². The van der Waals surface area contributed by atoms with Crippen molar-refractivity contribution in [2.24, 2.45) is 0 Å². The van der Waals surface area contributed by atoms with Crippen molar-refractivity contribution in [2.75, 3.05) is 31.8 Å². The van der Waals surface area contributed by atoms with Crippen molar-refractivity contribution in [3.05, 3.63) is 24.3 Å². The van der Waals surface area contributed by atoms with Crippen LogP contribution in [0, 0.1) is 0 Å². The minimum absolute atomic E-state index is 0.0675. The molecular weight excluding hydrogens is 234 g/mol. The summed E-state index contributed by atoms with van der Waals surface area (Å²) in [5, 5.41) is 8.94. The molecule has 98 valence electrons. The summed E-state index contributed by atoms with van der Waals surface area (Å²) < 4.78 is 10.7. The van der Waals surface area contributed by atoms with Crippen LogP contribution in [-0.2, 0) is 9.53 Å². The molecule has 1 aromatic carbocycles. The van der Waals surface area contributed by atoms with E-state index in [1.54, 1.807) is 7.11 Å². The third kappa shape index (κ3) is 2.73. The Balaban J connectivity index is 2.24. The van der Waals surface area contributed by atoms with E-state index in [1.807, 2.05) is 24.3 Å². The van der Waals surface area contributed by atoms with Crippen molar-refractivity contribution in [2.45, 2.75) is 12.5 Å². The highest BCUT2D eigenvalue weighted by molar-refractivity contribution is 5.69. The largest absolute Gasteiger partial charge is 0.495 e. The minimum Gasteiger partial charge on any atom is -0.495 e. The Morgan fingerprint density at radius 2 is 2.33 bits per heavy atom. The fourth-order valence-corrected chi connectivity index (χ4v) is 2.21. The van der Waals surface area contributed by atoms with Crippen molar-refractivity contribution in [3.63, 3.8) is 0 Å². The Labute approximate surface area is 106 Å². The molecule has 1 aliphatic rings. The first-order chi connectivity index (χ1) is 8.72. The van der Waals surface area contributed by atoms with Gasteiger partial charge < -0.3 is 19.5 Å². The summed E-state index contributed by atoms with van der Waals surface area (Å²) >= 11 is 0. The van der Waals surface area contributed by atoms with Gasteiger partial charge in [-0.1, -0.05) is 12.1 Å². The zero-order valence-corrected chi connectivity index (χ0v) is 10.3. The highest BCUT2D eigenvalue weighted by Gasteiger charge is 2.27. The van der Waals surface area contributed by atoms with Crippen molar-refractivity contribution in [1.82, 2.24) is 0 Å². The highest BCUT2D eigenvalue weighted by Crippen LogP contribution is 2.30. The summed E-state index contributed by atoms with van der Waals surface area (Å²) in [6, 6.07) is 7.49. The van der Waals surface area contributed by atoms with Gasteiger partial charge in [-0.15, -0.1) is 0 Å². The van der Waals surface area contributed by atoms with Crippen molar-refractivity contribution in [1.29, 1.82) is 0 Å². The first kappa shape index (κ1) is 12.7. The van der Waals surface area contributed by atoms with Crippen molar-refractivity contribution in [3.8, 4) is 5.75 Å². The second-order valence-corrected chi connectivity index (χ2v) is 4.19. The molecule has 5 heteroatoms. The van der Waals surface area contributed by atoms with E-state index in [0.717, 1.165) is 11.4 Å². The fraction of sp³-hybridized carbons (Fsp3) is 0.462. The van der Waals surface area contributed by atoms with Crippen LogP contribution in [0.2, 0.25) is 0 Å². The summed E-state index contributed by atoms with van der Waals surface area (Å²) in [5.74, 6) is -0.0554. The van der Waals surface area contributed by atoms with E-state index in [0.29, 0.717) is 19.8 Å². The van der Waals surface area contributed by atoms with Gasteiger partial charge in [0.25, 0.3) is 0 Å². The second-order valence-electron chi connectivity index (χ2n) is 4.19. The number of benzene rings is 1. The van der Waals surface area contributed by atoms with E-state index < -0.39 is 5.97 Å². The molecule has 0 aliphatic carbocycles. The first-order valence-corrected chi connectivity index (χ1v) is 5.91. The monoisotopic (exact) mass is 251 g/mol. The van der Waals surface area contributed by atoms with Crippen LogP contribution in [0.1, 0.15) is 6.42 Å². The third-order valence-electron chi connectivity index (χ3n) is 3.03. The maximum absolute atomic E-state index is 10.9. The molecule has 1 atom stereocenters. The van der Waals surface area contributed by atoms with Crippen LogP contribution in [0.5, 0.6) is 5.75 Å². The molecule has 0 spiro atoms. The average molecular weight is 251 g/mol. The highest BCUT2D eigenvalue weighted by atomic mass is 16.5. The van der Waals surface area contributed by atoms with Crippen LogP contribution in [0.15, 0.2) is 24.3 Å². The Bertz CT molecular complexity index is 421. The molecule has 0 bridgehead atoms. The summed E-state index contributed by atoms with van der Waals surface area (Å²) in [5.41, 5.74) is 0.926. The summed E-state index contributed by atoms with van der Waals surface area (Å²) in [6.45, 7) is 1.72. The predicted octanol–water partition coefficient (Wildman–Crippen LogP) is 1.38. The van der Waals surface area contributed by atoms with Crippen LogP contribution in [0.4, 0.5) is 5.69 Å². The number of para-hydroxylation sites is 2. The summed E-state index contributed by atoms with van der Waals surface area (Å²) in [6.07, 6.45) is 0.0675. The molecule has 0 radical (unpaired) electrons. The van der Waals surface area contributed by atoms with Crippen LogP contribution in [0.3, 0.4) is 0 Å². The second kappa shape index (κ2) is 5.73. The lowest BCUT2D eigenvalue weighted by atomic mass is 10.1. The van der Waals surface area contributed by atoms with Gasteiger partial charge in [0.1, 0.15) is 5.75 Å². The van der Waals surface area contributed by atoms with Gasteiger partial charge in [-0.2, -0.15) is 0 Å². The summed E-state index contributed by atoms with van der Waals surface area (Å²) in [7, 11) is 1.62. The number of anilines is 1. The lowest BCUT2D eigenvalue weighted by Crippen LogP contribution is -2.46. The normalized spacial score (nSPS) is 19.6. The molecule has 2 rings (SSSR count). The molecule has 1 aromatic rings. The molecule has 1 saturated heterocycles. The number of hydrogen-bond donors (Lipinski definition) is 1. The number of carboxylic acids is 1. The average Bonchev–Trinajstić information content (AvgIpc) is 2.39. The SMILES string of the molecule is COc1ccccc1N1CCOCC1CC(=O)O. The molecule has 0 aromatic heterocycles. The van der Waals surface area contributed by atoms with E-state index in [4.69, 9.17) is 14.6 Å². The minimum atomic E-state index is -0.814. The smallest absolute Gasteiger partial charge is 0.305 e. The quantitative estimate of drug-likeness (QED) is 0.876. The van der Waals surface area contributed by atoms with Gasteiger partial charge in [-0.3, -0.25) is 4.79 Å². The van der Waals surface area contributed by atoms with Gasteiger partial charge in [0.05, 0.1) is 38.5 Å². The molecule has 5 nitrogen and oxygen atoms in total. The standard InChI is InChI=1S/C13H17NO4/c1-17-12-5-3-2-4-11(12)14-6-7-18-9-10(14)8-13(15)16/h2-5,10H,6-9H2,1H3,(H,15,16). The molecule has 0 amide bonds. The lowest BCUT2D eigenvalue weighted by molar-refractivity contribution is -0.138. The number of ether oxygens (including phenoxy) is 2. The van der Waals surface area contributed by atoms with Gasteiger partial charge in [0.2, 0.25) is 0 Å². The number of hydrogen-bond acceptors (Lipinski definition) is 4. The van der Waals surface area contributed by atoms with E-state index in [-0.39, 0.29) is 12.5 Å². The van der Waals surface area contributed by atoms with Gasteiger partial charge in [-0.25, -0.2) is 0 Å². The van der Waals surface area contributed by atoms with Gasteiger partial charge >= 0.3 is 5.97 Å². The Morgan fingerprint density at radius 3 is 3.06 bits per heavy atom. The number of carbonyl (C=O) groups is 1. The molecule has 18 heavy (non-hydrogen) atoms. The topological polar surface area (TPSA) is 59.0 Å². The Kier molecular flexibility index (Phi) is 4.04. The predicted molar refractivity (Wildman–Crippen MR) is 67.2 cm³/mol. The first-order valence-electron chi connectivity index (χ1n) is 5.91. The van der Waals surface area contributed by atoms with Gasteiger partial charge in [0, 0.05) is 6.54 Å². The third-order valence-corrected chi connectivity index (χ3v) is 3.03. The van der Waals surface area contributed by atoms with E-state index >= 15 is 0 Å². The molecule has 1 N–H and O–H groups in total. The molecule has 1 fully saturated rings. The van der Waals surface area contributed by atoms with E-state index in [9.17, 15) is 4.79 Å². The number of nitrogens with zero attached hydrogens (tertiary/aromatic N) is 1. The summed E-state index contributed by atoms with van der Waals surface area (Å²) in [4.78, 5) is 12.9. The van der Waals surface area contributed by atoms with E-state index in [1.165, 1.54) is 0 Å². The Hall–Kier alpha value is -1.75. The van der Waals surface area contributed by atoms with Crippen LogP contribution >= 0.6 is 0 Å². The van der Waals surface area contributed by atoms with E-state index in [2.05, 4.69) is 4.90 Å². The number of morpholine rings is 1. The molecule has 0 saturated carbocycles. The molecule has 1 aliphatic heterocycles. The van der Waals surface area contributed by atoms with Crippen LogP contribution in [0.25, 0.3) is 0 Å². The zero-order valence-electron chi connectivity index (χ0n) is 10.3. The number of carboxylic acid groups (broad SMARTS) is 1. The number of aliphatic carboxylic acids is 1.